The fraction of sp³-hybridized carbons (Fsp3) is 0. The molecule has 0 N–H and O–H groups in total. The summed E-state index contributed by atoms with van der Waals surface area (Å²) in [6.07, 6.45) is 0. The molecule has 53 heavy (non-hydrogen) atoms. The summed E-state index contributed by atoms with van der Waals surface area (Å²) in [5.41, 5.74) is 9.86. The second-order valence-electron chi connectivity index (χ2n) is 13.0. The number of para-hydroxylation sites is 4. The van der Waals surface area contributed by atoms with Gasteiger partial charge in [-0.15, -0.1) is 0 Å². The molecular weight excluding hydrogens is 655 g/mol. The lowest BCUT2D eigenvalue weighted by Crippen LogP contribution is -2.01. The molecule has 4 heterocycles. The predicted octanol–water partition coefficient (Wildman–Crippen LogP) is 11.7. The highest BCUT2D eigenvalue weighted by Gasteiger charge is 2.22. The van der Waals surface area contributed by atoms with E-state index in [2.05, 4.69) is 83.4 Å². The average molecular weight is 682 g/mol. The molecule has 0 spiro atoms. The molecule has 4 aromatic heterocycles. The predicted molar refractivity (Wildman–Crippen MR) is 211 cm³/mol. The van der Waals surface area contributed by atoms with Gasteiger partial charge in [-0.05, 0) is 60.7 Å². The first kappa shape index (κ1) is 29.4. The van der Waals surface area contributed by atoms with Gasteiger partial charge >= 0.3 is 0 Å². The van der Waals surface area contributed by atoms with E-state index in [0.29, 0.717) is 23.4 Å². The minimum Gasteiger partial charge on any atom is -0.456 e. The Bertz CT molecular complexity index is 3150. The number of hydrogen-bond acceptors (Lipinski definition) is 6. The van der Waals surface area contributed by atoms with Gasteiger partial charge < -0.3 is 13.4 Å². The summed E-state index contributed by atoms with van der Waals surface area (Å²) in [5.74, 6) is 2.29. The van der Waals surface area contributed by atoms with E-state index in [1.54, 1.807) is 0 Å². The van der Waals surface area contributed by atoms with E-state index in [9.17, 15) is 0 Å². The zero-order valence-electron chi connectivity index (χ0n) is 28.1. The van der Waals surface area contributed by atoms with Crippen molar-refractivity contribution in [1.29, 1.82) is 0 Å². The Morgan fingerprint density at radius 1 is 0.396 bits per heavy atom. The number of fused-ring (bicyclic) bond motifs is 7. The van der Waals surface area contributed by atoms with Crippen LogP contribution in [0.15, 0.2) is 173 Å². The van der Waals surface area contributed by atoms with Gasteiger partial charge in [0.1, 0.15) is 16.7 Å². The van der Waals surface area contributed by atoms with Crippen molar-refractivity contribution < 1.29 is 8.83 Å². The highest BCUT2D eigenvalue weighted by molar-refractivity contribution is 6.16. The molecule has 248 valence electrons. The second-order valence-corrected chi connectivity index (χ2v) is 13.0. The van der Waals surface area contributed by atoms with Gasteiger partial charge in [-0.1, -0.05) is 103 Å². The summed E-state index contributed by atoms with van der Waals surface area (Å²) in [5, 5.41) is 4.04. The van der Waals surface area contributed by atoms with E-state index >= 15 is 0 Å². The van der Waals surface area contributed by atoms with Crippen molar-refractivity contribution in [3.8, 4) is 51.3 Å². The lowest BCUT2D eigenvalue weighted by atomic mass is 10.0. The molecule has 0 unspecified atom stereocenters. The van der Waals surface area contributed by atoms with E-state index in [1.807, 2.05) is 84.9 Å². The van der Waals surface area contributed by atoms with E-state index in [-0.39, 0.29) is 0 Å². The molecule has 0 aliphatic heterocycles. The Labute approximate surface area is 302 Å². The van der Waals surface area contributed by atoms with Gasteiger partial charge in [-0.3, -0.25) is 0 Å². The summed E-state index contributed by atoms with van der Waals surface area (Å²) >= 11 is 0. The number of nitrogens with zero attached hydrogens (tertiary/aromatic N) is 5. The normalized spacial score (nSPS) is 11.8. The third-order valence-electron chi connectivity index (χ3n) is 9.90. The van der Waals surface area contributed by atoms with Crippen molar-refractivity contribution in [1.82, 2.24) is 24.5 Å². The summed E-state index contributed by atoms with van der Waals surface area (Å²) in [6, 6.07) is 55.2. The van der Waals surface area contributed by atoms with Crippen LogP contribution in [0.5, 0.6) is 0 Å². The highest BCUT2D eigenvalue weighted by Crippen LogP contribution is 2.41. The molecule has 0 saturated heterocycles. The topological polar surface area (TPSA) is 82.8 Å². The minimum atomic E-state index is 0.552. The van der Waals surface area contributed by atoms with Crippen molar-refractivity contribution in [2.24, 2.45) is 0 Å². The molecule has 7 heteroatoms. The third-order valence-corrected chi connectivity index (χ3v) is 9.90. The van der Waals surface area contributed by atoms with Crippen LogP contribution >= 0.6 is 0 Å². The van der Waals surface area contributed by atoms with Crippen molar-refractivity contribution >= 4 is 54.8 Å². The molecule has 7 aromatic carbocycles. The number of rotatable bonds is 5. The quantitative estimate of drug-likeness (QED) is 0.180. The Hall–Kier alpha value is -7.38. The van der Waals surface area contributed by atoms with Gasteiger partial charge in [0.15, 0.2) is 23.1 Å². The lowest BCUT2D eigenvalue weighted by Gasteiger charge is -2.11. The lowest BCUT2D eigenvalue weighted by molar-refractivity contribution is 0.620. The SMILES string of the molecule is c1ccc(-c2nc(-c3cccc4oc5ccc(-c6nc7ccccc7o6)cc5c34)nc(-c3cccc4c3c3ccccc3n4-c3ccccc3)n2)cc1. The number of hydrogen-bond donors (Lipinski definition) is 0. The maximum absolute atomic E-state index is 6.42. The van der Waals surface area contributed by atoms with Crippen LogP contribution in [-0.4, -0.2) is 24.5 Å². The zero-order chi connectivity index (χ0) is 34.9. The van der Waals surface area contributed by atoms with Crippen LogP contribution in [0.1, 0.15) is 0 Å². The van der Waals surface area contributed by atoms with Crippen molar-refractivity contribution in [3.05, 3.63) is 164 Å². The van der Waals surface area contributed by atoms with Crippen LogP contribution in [0.4, 0.5) is 0 Å². The smallest absolute Gasteiger partial charge is 0.227 e. The Morgan fingerprint density at radius 2 is 1.06 bits per heavy atom. The molecule has 0 fully saturated rings. The molecule has 0 aliphatic rings. The molecule has 0 aliphatic carbocycles. The van der Waals surface area contributed by atoms with Gasteiger partial charge in [0, 0.05) is 49.5 Å². The van der Waals surface area contributed by atoms with Crippen LogP contribution in [0.2, 0.25) is 0 Å². The van der Waals surface area contributed by atoms with E-state index in [1.165, 1.54) is 0 Å². The van der Waals surface area contributed by atoms with Gasteiger partial charge in [-0.2, -0.15) is 0 Å². The minimum absolute atomic E-state index is 0.552. The Kier molecular flexibility index (Phi) is 6.42. The third kappa shape index (κ3) is 4.68. The van der Waals surface area contributed by atoms with E-state index in [4.69, 9.17) is 28.8 Å². The zero-order valence-corrected chi connectivity index (χ0v) is 28.1. The summed E-state index contributed by atoms with van der Waals surface area (Å²) in [6.45, 7) is 0. The van der Waals surface area contributed by atoms with Gasteiger partial charge in [0.2, 0.25) is 5.89 Å². The van der Waals surface area contributed by atoms with Gasteiger partial charge in [0.25, 0.3) is 0 Å². The summed E-state index contributed by atoms with van der Waals surface area (Å²) in [7, 11) is 0. The monoisotopic (exact) mass is 681 g/mol. The summed E-state index contributed by atoms with van der Waals surface area (Å²) < 4.78 is 14.9. The molecule has 0 bridgehead atoms. The average Bonchev–Trinajstić information content (AvgIpc) is 3.93. The van der Waals surface area contributed by atoms with E-state index in [0.717, 1.165) is 82.8 Å². The van der Waals surface area contributed by atoms with Crippen molar-refractivity contribution in [2.45, 2.75) is 0 Å². The first-order chi connectivity index (χ1) is 26.3. The fourth-order valence-electron chi connectivity index (χ4n) is 7.54. The largest absolute Gasteiger partial charge is 0.456 e. The second kappa shape index (κ2) is 11.6. The molecule has 0 amide bonds. The van der Waals surface area contributed by atoms with Gasteiger partial charge in [0.05, 0.1) is 11.0 Å². The maximum atomic E-state index is 6.42. The Morgan fingerprint density at radius 3 is 1.89 bits per heavy atom. The molecule has 7 nitrogen and oxygen atoms in total. The summed E-state index contributed by atoms with van der Waals surface area (Å²) in [4.78, 5) is 20.3. The molecule has 11 rings (SSSR count). The standard InChI is InChI=1S/C46H27N5O2/c1-3-13-28(14-4-1)43-48-44(32-18-11-22-37-41(32)31-17-7-9-21-36(31)51(37)30-15-5-2-6-16-30)50-45(49-43)33-19-12-24-40-42(33)34-27-29(25-26-38(34)52-40)46-47-35-20-8-10-23-39(35)53-46/h1-27H. The van der Waals surface area contributed by atoms with Crippen LogP contribution in [0.25, 0.3) is 106 Å². The molecule has 0 radical (unpaired) electrons. The highest BCUT2D eigenvalue weighted by atomic mass is 16.3. The number of benzene rings is 7. The fourth-order valence-corrected chi connectivity index (χ4v) is 7.54. The number of furan rings is 1. The Balaban J connectivity index is 1.17. The van der Waals surface area contributed by atoms with Gasteiger partial charge in [-0.25, -0.2) is 19.9 Å². The maximum Gasteiger partial charge on any atom is 0.227 e. The number of oxazole rings is 1. The van der Waals surface area contributed by atoms with Crippen LogP contribution < -0.4 is 0 Å². The number of aromatic nitrogens is 5. The first-order valence-electron chi connectivity index (χ1n) is 17.5. The first-order valence-corrected chi connectivity index (χ1v) is 17.5. The molecular formula is C46H27N5O2. The van der Waals surface area contributed by atoms with Crippen LogP contribution in [0.3, 0.4) is 0 Å². The molecule has 0 saturated carbocycles. The molecule has 11 aromatic rings. The van der Waals surface area contributed by atoms with E-state index < -0.39 is 0 Å². The van der Waals surface area contributed by atoms with Crippen molar-refractivity contribution in [3.63, 3.8) is 0 Å². The van der Waals surface area contributed by atoms with Crippen LogP contribution in [0, 0.1) is 0 Å². The molecule has 0 atom stereocenters. The van der Waals surface area contributed by atoms with Crippen molar-refractivity contribution in [2.75, 3.05) is 0 Å². The van der Waals surface area contributed by atoms with Crippen LogP contribution in [-0.2, 0) is 0 Å².